The van der Waals surface area contributed by atoms with Crippen LogP contribution in [0.5, 0.6) is 0 Å². The number of hydrogen-bond donors (Lipinski definition) is 1. The first-order valence-electron chi connectivity index (χ1n) is 9.72. The molecule has 0 radical (unpaired) electrons. The molecular weight excluding hydrogens is 445 g/mol. The van der Waals surface area contributed by atoms with Gasteiger partial charge < -0.3 is 4.74 Å². The number of nitrogens with one attached hydrogen (secondary N) is 1. The van der Waals surface area contributed by atoms with E-state index in [1.807, 2.05) is 0 Å². The lowest BCUT2D eigenvalue weighted by Crippen LogP contribution is -2.42. The monoisotopic (exact) mass is 466 g/mol. The third-order valence-electron chi connectivity index (χ3n) is 5.48. The van der Waals surface area contributed by atoms with Crippen LogP contribution in [0.15, 0.2) is 36.4 Å². The van der Waals surface area contributed by atoms with E-state index in [4.69, 9.17) is 27.9 Å². The summed E-state index contributed by atoms with van der Waals surface area (Å²) in [6.07, 6.45) is 0. The second-order valence-corrected chi connectivity index (χ2v) is 9.47. The fraction of sp³-hybridized carbons (Fsp3) is 0.391. The number of nitriles is 1. The molecular formula is C23H22Cl2F2N2O2. The van der Waals surface area contributed by atoms with Crippen molar-refractivity contribution in [2.45, 2.75) is 56.7 Å². The highest BCUT2D eigenvalue weighted by molar-refractivity contribution is 6.31. The van der Waals surface area contributed by atoms with Gasteiger partial charge in [0.25, 0.3) is 0 Å². The first-order valence-corrected chi connectivity index (χ1v) is 10.5. The number of halogens is 4. The van der Waals surface area contributed by atoms with E-state index in [1.54, 1.807) is 27.7 Å². The van der Waals surface area contributed by atoms with Crippen LogP contribution in [0.1, 0.15) is 44.7 Å². The van der Waals surface area contributed by atoms with Crippen LogP contribution in [0.25, 0.3) is 0 Å². The molecule has 31 heavy (non-hydrogen) atoms. The Hall–Kier alpha value is -2.20. The van der Waals surface area contributed by atoms with E-state index in [0.29, 0.717) is 0 Å². The molecule has 0 saturated carbocycles. The summed E-state index contributed by atoms with van der Waals surface area (Å²) in [5.74, 6) is -3.28. The zero-order valence-corrected chi connectivity index (χ0v) is 19.0. The van der Waals surface area contributed by atoms with Crippen molar-refractivity contribution in [2.24, 2.45) is 0 Å². The van der Waals surface area contributed by atoms with E-state index < -0.39 is 46.6 Å². The van der Waals surface area contributed by atoms with Gasteiger partial charge in [0.2, 0.25) is 0 Å². The molecule has 4 atom stereocenters. The maximum Gasteiger partial charge on any atom is 0.324 e. The van der Waals surface area contributed by atoms with Gasteiger partial charge in [-0.3, -0.25) is 10.1 Å². The van der Waals surface area contributed by atoms with Gasteiger partial charge in [-0.05, 0) is 51.5 Å². The van der Waals surface area contributed by atoms with Crippen molar-refractivity contribution in [3.05, 3.63) is 69.2 Å². The molecule has 1 aliphatic heterocycles. The first kappa shape index (κ1) is 23.5. The molecule has 0 unspecified atom stereocenters. The molecule has 1 N–H and O–H groups in total. The van der Waals surface area contributed by atoms with Crippen LogP contribution in [0.3, 0.4) is 0 Å². The highest BCUT2D eigenvalue weighted by Crippen LogP contribution is 2.50. The highest BCUT2D eigenvalue weighted by atomic mass is 35.5. The van der Waals surface area contributed by atoms with Gasteiger partial charge in [-0.1, -0.05) is 41.4 Å². The largest absolute Gasteiger partial charge is 0.459 e. The summed E-state index contributed by atoms with van der Waals surface area (Å²) >= 11 is 11.9. The Kier molecular flexibility index (Phi) is 6.35. The van der Waals surface area contributed by atoms with Crippen LogP contribution in [0.2, 0.25) is 10.0 Å². The first-order chi connectivity index (χ1) is 14.4. The molecule has 0 aromatic heterocycles. The zero-order chi connectivity index (χ0) is 23.1. The number of rotatable bonds is 3. The number of hydrogen-bond acceptors (Lipinski definition) is 4. The zero-order valence-electron chi connectivity index (χ0n) is 17.5. The van der Waals surface area contributed by atoms with Crippen molar-refractivity contribution in [2.75, 3.05) is 0 Å². The number of benzene rings is 2. The normalized spacial score (nSPS) is 25.8. The van der Waals surface area contributed by atoms with Crippen LogP contribution >= 0.6 is 23.2 Å². The lowest BCUT2D eigenvalue weighted by atomic mass is 9.65. The quantitative estimate of drug-likeness (QED) is 0.604. The molecule has 2 aromatic carbocycles. The predicted molar refractivity (Wildman–Crippen MR) is 115 cm³/mol. The van der Waals surface area contributed by atoms with E-state index in [-0.39, 0.29) is 21.2 Å². The van der Waals surface area contributed by atoms with Gasteiger partial charge >= 0.3 is 5.97 Å². The average molecular weight is 467 g/mol. The molecule has 164 valence electrons. The Morgan fingerprint density at radius 3 is 2.48 bits per heavy atom. The number of carbonyl (C=O) groups excluding carboxylic acids is 1. The minimum Gasteiger partial charge on any atom is -0.459 e. The molecule has 1 heterocycles. The maximum atomic E-state index is 15.2. The van der Waals surface area contributed by atoms with Crippen LogP contribution in [-0.2, 0) is 14.9 Å². The van der Waals surface area contributed by atoms with Gasteiger partial charge in [0, 0.05) is 22.5 Å². The molecule has 4 nitrogen and oxygen atoms in total. The van der Waals surface area contributed by atoms with Gasteiger partial charge in [0.05, 0.1) is 11.1 Å². The fourth-order valence-electron chi connectivity index (χ4n) is 4.24. The van der Waals surface area contributed by atoms with Crippen LogP contribution < -0.4 is 5.32 Å². The molecule has 2 aromatic rings. The Morgan fingerprint density at radius 1 is 1.23 bits per heavy atom. The summed E-state index contributed by atoms with van der Waals surface area (Å²) in [5.41, 5.74) is -2.42. The second kappa shape index (κ2) is 8.38. The van der Waals surface area contributed by atoms with Crippen molar-refractivity contribution in [3.8, 4) is 6.07 Å². The minimum atomic E-state index is -1.64. The third-order valence-corrected chi connectivity index (χ3v) is 6.00. The van der Waals surface area contributed by atoms with Gasteiger partial charge in [0.1, 0.15) is 28.7 Å². The molecule has 0 aliphatic carbocycles. The second-order valence-electron chi connectivity index (χ2n) is 8.63. The van der Waals surface area contributed by atoms with E-state index in [0.717, 1.165) is 6.07 Å². The van der Waals surface area contributed by atoms with Crippen molar-refractivity contribution in [1.29, 1.82) is 5.26 Å². The Morgan fingerprint density at radius 2 is 1.90 bits per heavy atom. The summed E-state index contributed by atoms with van der Waals surface area (Å²) in [6, 6.07) is 8.62. The molecule has 1 aliphatic rings. The third kappa shape index (κ3) is 4.15. The Bertz CT molecular complexity index is 1060. The van der Waals surface area contributed by atoms with E-state index in [9.17, 15) is 10.1 Å². The molecule has 8 heteroatoms. The summed E-state index contributed by atoms with van der Waals surface area (Å²) < 4.78 is 35.8. The Balaban J connectivity index is 2.29. The maximum absolute atomic E-state index is 15.2. The molecule has 1 saturated heterocycles. The van der Waals surface area contributed by atoms with Gasteiger partial charge in [-0.2, -0.15) is 5.26 Å². The van der Waals surface area contributed by atoms with Crippen molar-refractivity contribution in [3.63, 3.8) is 0 Å². The van der Waals surface area contributed by atoms with E-state index in [2.05, 4.69) is 11.4 Å². The van der Waals surface area contributed by atoms with Crippen molar-refractivity contribution in [1.82, 2.24) is 5.32 Å². The lowest BCUT2D eigenvalue weighted by Gasteiger charge is -2.34. The summed E-state index contributed by atoms with van der Waals surface area (Å²) in [7, 11) is 0. The lowest BCUT2D eigenvalue weighted by molar-refractivity contribution is -0.157. The summed E-state index contributed by atoms with van der Waals surface area (Å²) in [4.78, 5) is 13.1. The topological polar surface area (TPSA) is 62.1 Å². The molecule has 0 bridgehead atoms. The summed E-state index contributed by atoms with van der Waals surface area (Å²) in [6.45, 7) is 6.76. The van der Waals surface area contributed by atoms with Crippen LogP contribution in [-0.4, -0.2) is 23.7 Å². The van der Waals surface area contributed by atoms with Crippen molar-refractivity contribution >= 4 is 29.2 Å². The number of nitrogens with zero attached hydrogens (tertiary/aromatic N) is 1. The fourth-order valence-corrected chi connectivity index (χ4v) is 4.58. The van der Waals surface area contributed by atoms with E-state index >= 15 is 8.78 Å². The summed E-state index contributed by atoms with van der Waals surface area (Å²) in [5, 5.41) is 13.4. The predicted octanol–water partition coefficient (Wildman–Crippen LogP) is 5.52. The molecule has 3 rings (SSSR count). The highest BCUT2D eigenvalue weighted by Gasteiger charge is 2.60. The smallest absolute Gasteiger partial charge is 0.324 e. The van der Waals surface area contributed by atoms with Gasteiger partial charge in [0.15, 0.2) is 0 Å². The van der Waals surface area contributed by atoms with Crippen LogP contribution in [0.4, 0.5) is 8.78 Å². The van der Waals surface area contributed by atoms with Gasteiger partial charge in [-0.15, -0.1) is 0 Å². The average Bonchev–Trinajstić information content (AvgIpc) is 2.96. The van der Waals surface area contributed by atoms with Crippen molar-refractivity contribution < 1.29 is 18.3 Å². The number of esters is 1. The Labute approximate surface area is 190 Å². The number of ether oxygens (including phenoxy) is 1. The number of carbonyl (C=O) groups is 1. The SMILES string of the molecule is C[C@H]1N[C@@H](C(=O)OC(C)(C)C)[C@H](c2cccc(Cl)c2F)[C@@]1(C#N)c1ccc(Cl)cc1F. The van der Waals surface area contributed by atoms with Crippen LogP contribution in [0, 0.1) is 23.0 Å². The molecule has 1 fully saturated rings. The van der Waals surface area contributed by atoms with E-state index in [1.165, 1.54) is 30.3 Å². The molecule has 0 amide bonds. The standard InChI is InChI=1S/C23H22Cl2F2N2O2/c1-12-23(11-28,15-9-8-13(24)10-17(15)26)18(14-6-5-7-16(25)19(14)27)20(29-12)21(30)31-22(2,3)4/h5-10,12,18,20,29H,1-4H3/t12-,18+,20-,23-/m1/s1. The molecule has 0 spiro atoms. The minimum absolute atomic E-state index is 0.00911. The van der Waals surface area contributed by atoms with Gasteiger partial charge in [-0.25, -0.2) is 8.78 Å².